The van der Waals surface area contributed by atoms with Crippen LogP contribution < -0.4 is 0 Å². The fraction of sp³-hybridized carbons (Fsp3) is 0. The average molecular weight is 287 g/mol. The molecule has 0 unspecified atom stereocenters. The lowest BCUT2D eigenvalue weighted by Crippen LogP contribution is -2.04. The van der Waals surface area contributed by atoms with Crippen molar-refractivity contribution < 1.29 is 23.1 Å². The van der Waals surface area contributed by atoms with E-state index in [1.54, 1.807) is 0 Å². The van der Waals surface area contributed by atoms with E-state index in [2.05, 4.69) is 0 Å². The number of hydrogen-bond donors (Lipinski definition) is 1. The van der Waals surface area contributed by atoms with Gasteiger partial charge in [-0.25, -0.2) is 18.0 Å². The molecule has 0 aliphatic carbocycles. The van der Waals surface area contributed by atoms with E-state index in [0.717, 1.165) is 18.2 Å². The predicted octanol–water partition coefficient (Wildman–Crippen LogP) is 4.12. The van der Waals surface area contributed by atoms with E-state index in [0.29, 0.717) is 0 Å². The molecule has 0 fully saturated rings. The molecule has 0 heterocycles. The Balaban J connectivity index is 2.64. The van der Waals surface area contributed by atoms with Crippen LogP contribution in [0.3, 0.4) is 0 Å². The Hall–Kier alpha value is -2.01. The van der Waals surface area contributed by atoms with Gasteiger partial charge in [0.05, 0.1) is 5.56 Å². The Morgan fingerprint density at radius 1 is 1.00 bits per heavy atom. The summed E-state index contributed by atoms with van der Waals surface area (Å²) in [6.45, 7) is 0. The first-order valence-electron chi connectivity index (χ1n) is 5.08. The molecule has 0 atom stereocenters. The van der Waals surface area contributed by atoms with Crippen molar-refractivity contribution in [3.05, 3.63) is 58.4 Å². The van der Waals surface area contributed by atoms with Gasteiger partial charge >= 0.3 is 5.97 Å². The van der Waals surface area contributed by atoms with E-state index in [9.17, 15) is 18.0 Å². The van der Waals surface area contributed by atoms with Crippen molar-refractivity contribution in [2.24, 2.45) is 0 Å². The normalized spacial score (nSPS) is 10.5. The Kier molecular flexibility index (Phi) is 3.48. The summed E-state index contributed by atoms with van der Waals surface area (Å²) < 4.78 is 40.9. The molecule has 2 aromatic rings. The summed E-state index contributed by atoms with van der Waals surface area (Å²) in [5.74, 6) is -5.37. The number of benzene rings is 2. The van der Waals surface area contributed by atoms with Crippen LogP contribution in [0.2, 0.25) is 5.02 Å². The van der Waals surface area contributed by atoms with Crippen molar-refractivity contribution in [1.82, 2.24) is 0 Å². The third-order valence-electron chi connectivity index (χ3n) is 2.53. The maximum atomic E-state index is 13.8. The lowest BCUT2D eigenvalue weighted by Gasteiger charge is -2.07. The minimum atomic E-state index is -1.60. The zero-order valence-electron chi connectivity index (χ0n) is 9.25. The first-order valence-corrected chi connectivity index (χ1v) is 5.46. The largest absolute Gasteiger partial charge is 0.478 e. The molecule has 0 aromatic heterocycles. The van der Waals surface area contributed by atoms with Gasteiger partial charge in [0.1, 0.15) is 5.82 Å². The maximum absolute atomic E-state index is 13.8. The summed E-state index contributed by atoms with van der Waals surface area (Å²) in [5, 5.41) is 8.76. The highest BCUT2D eigenvalue weighted by molar-refractivity contribution is 6.30. The number of carbonyl (C=O) groups is 1. The van der Waals surface area contributed by atoms with Crippen LogP contribution in [0.1, 0.15) is 10.4 Å². The van der Waals surface area contributed by atoms with Crippen LogP contribution in [0.25, 0.3) is 11.1 Å². The van der Waals surface area contributed by atoms with Gasteiger partial charge in [0, 0.05) is 16.1 Å². The third-order valence-corrected chi connectivity index (χ3v) is 2.77. The van der Waals surface area contributed by atoms with Crippen LogP contribution >= 0.6 is 11.6 Å². The zero-order valence-corrected chi connectivity index (χ0v) is 10.0. The lowest BCUT2D eigenvalue weighted by molar-refractivity contribution is 0.0690. The second-order valence-electron chi connectivity index (χ2n) is 3.72. The fourth-order valence-electron chi connectivity index (χ4n) is 1.63. The van der Waals surface area contributed by atoms with Crippen LogP contribution in [-0.2, 0) is 0 Å². The minimum Gasteiger partial charge on any atom is -0.478 e. The van der Waals surface area contributed by atoms with Gasteiger partial charge in [0.2, 0.25) is 0 Å². The number of halogens is 4. The van der Waals surface area contributed by atoms with Gasteiger partial charge in [-0.3, -0.25) is 0 Å². The molecule has 0 saturated heterocycles. The predicted molar refractivity (Wildman–Crippen MR) is 63.7 cm³/mol. The SMILES string of the molecule is O=C(O)c1ccc(-c2ccc(Cl)cc2F)c(F)c1F. The van der Waals surface area contributed by atoms with E-state index >= 15 is 0 Å². The Morgan fingerprint density at radius 2 is 1.63 bits per heavy atom. The van der Waals surface area contributed by atoms with E-state index in [4.69, 9.17) is 16.7 Å². The number of rotatable bonds is 2. The molecular weight excluding hydrogens is 281 g/mol. The topological polar surface area (TPSA) is 37.3 Å². The van der Waals surface area contributed by atoms with E-state index in [-0.39, 0.29) is 16.1 Å². The molecule has 1 N–H and O–H groups in total. The van der Waals surface area contributed by atoms with E-state index in [1.165, 1.54) is 12.1 Å². The average Bonchev–Trinajstić information content (AvgIpc) is 2.33. The second-order valence-corrected chi connectivity index (χ2v) is 4.15. The van der Waals surface area contributed by atoms with Crippen molar-refractivity contribution in [2.75, 3.05) is 0 Å². The molecule has 0 spiro atoms. The molecule has 98 valence electrons. The van der Waals surface area contributed by atoms with E-state index < -0.39 is 29.0 Å². The molecule has 2 nitrogen and oxygen atoms in total. The zero-order chi connectivity index (χ0) is 14.2. The van der Waals surface area contributed by atoms with Crippen LogP contribution in [0.15, 0.2) is 30.3 Å². The third kappa shape index (κ3) is 2.42. The first kappa shape index (κ1) is 13.4. The summed E-state index contributed by atoms with van der Waals surface area (Å²) in [6.07, 6.45) is 0. The lowest BCUT2D eigenvalue weighted by atomic mass is 10.0. The Bertz CT molecular complexity index is 671. The minimum absolute atomic E-state index is 0.115. The molecular formula is C13H6ClF3O2. The van der Waals surface area contributed by atoms with Crippen molar-refractivity contribution >= 4 is 17.6 Å². The molecule has 0 aliphatic rings. The van der Waals surface area contributed by atoms with Gasteiger partial charge in [-0.05, 0) is 24.3 Å². The molecule has 0 bridgehead atoms. The molecule has 0 amide bonds. The second kappa shape index (κ2) is 4.93. The van der Waals surface area contributed by atoms with Gasteiger partial charge < -0.3 is 5.11 Å². The quantitative estimate of drug-likeness (QED) is 0.901. The molecule has 0 radical (unpaired) electrons. The van der Waals surface area contributed by atoms with Gasteiger partial charge in [0.15, 0.2) is 11.6 Å². The van der Waals surface area contributed by atoms with E-state index in [1.807, 2.05) is 0 Å². The van der Waals surface area contributed by atoms with Crippen LogP contribution in [-0.4, -0.2) is 11.1 Å². The standard InChI is InChI=1S/C13H6ClF3O2/c14-6-1-2-7(10(15)5-6)8-3-4-9(13(18)19)12(17)11(8)16/h1-5H,(H,18,19). The van der Waals surface area contributed by atoms with Gasteiger partial charge in [-0.2, -0.15) is 0 Å². The van der Waals surface area contributed by atoms with Crippen molar-refractivity contribution in [2.45, 2.75) is 0 Å². The van der Waals surface area contributed by atoms with Crippen molar-refractivity contribution in [3.8, 4) is 11.1 Å². The maximum Gasteiger partial charge on any atom is 0.338 e. The molecule has 0 aliphatic heterocycles. The smallest absolute Gasteiger partial charge is 0.338 e. The summed E-state index contributed by atoms with van der Waals surface area (Å²) >= 11 is 5.56. The van der Waals surface area contributed by atoms with Gasteiger partial charge in [0.25, 0.3) is 0 Å². The van der Waals surface area contributed by atoms with Crippen LogP contribution in [0, 0.1) is 17.5 Å². The summed E-state index contributed by atoms with van der Waals surface area (Å²) in [5.41, 5.74) is -1.37. The molecule has 19 heavy (non-hydrogen) atoms. The summed E-state index contributed by atoms with van der Waals surface area (Å²) in [7, 11) is 0. The van der Waals surface area contributed by atoms with Gasteiger partial charge in [-0.15, -0.1) is 0 Å². The number of hydrogen-bond acceptors (Lipinski definition) is 1. The highest BCUT2D eigenvalue weighted by Gasteiger charge is 2.20. The summed E-state index contributed by atoms with van der Waals surface area (Å²) in [4.78, 5) is 10.6. The van der Waals surface area contributed by atoms with Gasteiger partial charge in [-0.1, -0.05) is 17.7 Å². The van der Waals surface area contributed by atoms with Crippen LogP contribution in [0.4, 0.5) is 13.2 Å². The van der Waals surface area contributed by atoms with Crippen molar-refractivity contribution in [1.29, 1.82) is 0 Å². The molecule has 6 heteroatoms. The summed E-state index contributed by atoms with van der Waals surface area (Å²) in [6, 6.07) is 5.36. The number of carboxylic acid groups (broad SMARTS) is 1. The number of aromatic carboxylic acids is 1. The monoisotopic (exact) mass is 286 g/mol. The highest BCUT2D eigenvalue weighted by Crippen LogP contribution is 2.29. The number of carboxylic acids is 1. The fourth-order valence-corrected chi connectivity index (χ4v) is 1.79. The molecule has 2 aromatic carbocycles. The Morgan fingerprint density at radius 3 is 2.21 bits per heavy atom. The first-order chi connectivity index (χ1) is 8.91. The molecule has 2 rings (SSSR count). The van der Waals surface area contributed by atoms with Crippen molar-refractivity contribution in [3.63, 3.8) is 0 Å². The molecule has 0 saturated carbocycles. The van der Waals surface area contributed by atoms with Crippen LogP contribution in [0.5, 0.6) is 0 Å². The Labute approximate surface area is 111 Å². The highest BCUT2D eigenvalue weighted by atomic mass is 35.5.